The third-order valence-electron chi connectivity index (χ3n) is 4.31. The largest absolute Gasteiger partial charge is 0.504 e. The number of non-ortho nitro benzene ring substituents is 2. The Balaban J connectivity index is 1.72. The van der Waals surface area contributed by atoms with E-state index in [4.69, 9.17) is 4.74 Å². The normalized spacial score (nSPS) is 10.9. The molecular formula is C21H18N6O6. The Hall–Kier alpha value is -5.00. The highest BCUT2D eigenvalue weighted by Crippen LogP contribution is 2.30. The maximum absolute atomic E-state index is 10.7. The van der Waals surface area contributed by atoms with E-state index in [0.717, 1.165) is 0 Å². The summed E-state index contributed by atoms with van der Waals surface area (Å²) in [6.07, 6.45) is 2.84. The molecule has 168 valence electrons. The SMILES string of the molecule is COc1cc(C=NNc2ccc([N+](=O)[O-])cc2)cc(/C=N/Nc2ccc([N+](=O)[O-])cc2)c1O. The molecule has 0 unspecified atom stereocenters. The summed E-state index contributed by atoms with van der Waals surface area (Å²) in [6.45, 7) is 0. The third-order valence-corrected chi connectivity index (χ3v) is 4.31. The number of methoxy groups -OCH3 is 1. The van der Waals surface area contributed by atoms with Crippen molar-refractivity contribution < 1.29 is 19.7 Å². The summed E-state index contributed by atoms with van der Waals surface area (Å²) in [4.78, 5) is 20.4. The van der Waals surface area contributed by atoms with Crippen LogP contribution in [-0.2, 0) is 0 Å². The minimum atomic E-state index is -0.499. The number of hydrogen-bond donors (Lipinski definition) is 3. The minimum absolute atomic E-state index is 0.0286. The van der Waals surface area contributed by atoms with Crippen LogP contribution < -0.4 is 15.6 Å². The number of rotatable bonds is 9. The van der Waals surface area contributed by atoms with Crippen molar-refractivity contribution in [1.29, 1.82) is 0 Å². The molecule has 3 aromatic carbocycles. The minimum Gasteiger partial charge on any atom is -0.504 e. The summed E-state index contributed by atoms with van der Waals surface area (Å²) in [6, 6.07) is 14.6. The van der Waals surface area contributed by atoms with E-state index in [1.807, 2.05) is 0 Å². The van der Waals surface area contributed by atoms with Gasteiger partial charge in [-0.25, -0.2) is 0 Å². The van der Waals surface area contributed by atoms with Gasteiger partial charge in [0.2, 0.25) is 0 Å². The number of nitrogens with zero attached hydrogens (tertiary/aromatic N) is 4. The molecule has 0 aliphatic carbocycles. The molecule has 0 fully saturated rings. The molecule has 0 aromatic heterocycles. The maximum atomic E-state index is 10.7. The lowest BCUT2D eigenvalue weighted by atomic mass is 10.1. The van der Waals surface area contributed by atoms with E-state index in [1.165, 1.54) is 68.1 Å². The van der Waals surface area contributed by atoms with Crippen molar-refractivity contribution in [2.75, 3.05) is 18.0 Å². The fraction of sp³-hybridized carbons (Fsp3) is 0.0476. The summed E-state index contributed by atoms with van der Waals surface area (Å²) < 4.78 is 5.18. The molecule has 0 atom stereocenters. The van der Waals surface area contributed by atoms with Gasteiger partial charge in [-0.15, -0.1) is 0 Å². The summed E-state index contributed by atoms with van der Waals surface area (Å²) in [5.41, 5.74) is 7.40. The molecule has 3 aromatic rings. The lowest BCUT2D eigenvalue weighted by Crippen LogP contribution is -1.97. The zero-order chi connectivity index (χ0) is 23.8. The van der Waals surface area contributed by atoms with Crippen LogP contribution in [0.4, 0.5) is 22.7 Å². The molecule has 0 aliphatic rings. The third kappa shape index (κ3) is 6.01. The predicted molar refractivity (Wildman–Crippen MR) is 123 cm³/mol. The molecule has 3 rings (SSSR count). The molecule has 0 radical (unpaired) electrons. The fourth-order valence-corrected chi connectivity index (χ4v) is 2.65. The second kappa shape index (κ2) is 10.3. The Morgan fingerprint density at radius 1 is 0.848 bits per heavy atom. The number of phenols is 1. The van der Waals surface area contributed by atoms with E-state index >= 15 is 0 Å². The van der Waals surface area contributed by atoms with Crippen LogP contribution in [0.3, 0.4) is 0 Å². The summed E-state index contributed by atoms with van der Waals surface area (Å²) in [5.74, 6) is 0.0679. The van der Waals surface area contributed by atoms with Crippen molar-refractivity contribution in [3.05, 3.63) is 92.0 Å². The van der Waals surface area contributed by atoms with Crippen molar-refractivity contribution in [1.82, 2.24) is 0 Å². The van der Waals surface area contributed by atoms with E-state index in [2.05, 4.69) is 21.1 Å². The molecular weight excluding hydrogens is 432 g/mol. The van der Waals surface area contributed by atoms with E-state index in [9.17, 15) is 25.3 Å². The first-order valence-corrected chi connectivity index (χ1v) is 9.35. The zero-order valence-electron chi connectivity index (χ0n) is 17.2. The summed E-state index contributed by atoms with van der Waals surface area (Å²) in [7, 11) is 1.40. The van der Waals surface area contributed by atoms with Gasteiger partial charge in [-0.2, -0.15) is 10.2 Å². The van der Waals surface area contributed by atoms with Gasteiger partial charge in [0.05, 0.1) is 40.8 Å². The number of ether oxygens (including phenoxy) is 1. The number of phenolic OH excluding ortho intramolecular Hbond substituents is 1. The van der Waals surface area contributed by atoms with Crippen molar-refractivity contribution in [2.24, 2.45) is 10.2 Å². The van der Waals surface area contributed by atoms with Crippen molar-refractivity contribution >= 4 is 35.2 Å². The van der Waals surface area contributed by atoms with Gasteiger partial charge in [-0.3, -0.25) is 31.1 Å². The Morgan fingerprint density at radius 3 is 1.79 bits per heavy atom. The molecule has 12 nitrogen and oxygen atoms in total. The fourth-order valence-electron chi connectivity index (χ4n) is 2.65. The first kappa shape index (κ1) is 22.7. The topological polar surface area (TPSA) is 165 Å². The van der Waals surface area contributed by atoms with Crippen LogP contribution in [0, 0.1) is 20.2 Å². The summed E-state index contributed by atoms with van der Waals surface area (Å²) >= 11 is 0. The standard InChI is InChI=1S/C21H18N6O6/c1-33-20-11-14(12-22-24-16-2-6-18(7-3-16)26(29)30)10-15(21(20)28)13-23-25-17-4-8-19(9-5-17)27(31)32/h2-13,24-25,28H,1H3/b22-12?,23-13+. The number of nitrogens with one attached hydrogen (secondary N) is 2. The lowest BCUT2D eigenvalue weighted by Gasteiger charge is -2.08. The molecule has 0 spiro atoms. The highest BCUT2D eigenvalue weighted by atomic mass is 16.6. The quantitative estimate of drug-likeness (QED) is 0.249. The number of hydrazone groups is 2. The van der Waals surface area contributed by atoms with Gasteiger partial charge in [-0.05, 0) is 42.0 Å². The second-order valence-electron chi connectivity index (χ2n) is 6.51. The lowest BCUT2D eigenvalue weighted by molar-refractivity contribution is -0.385. The van der Waals surface area contributed by atoms with Gasteiger partial charge in [-0.1, -0.05) is 0 Å². The Kier molecular flexibility index (Phi) is 7.11. The molecule has 0 saturated heterocycles. The predicted octanol–water partition coefficient (Wildman–Crippen LogP) is 4.11. The van der Waals surface area contributed by atoms with Crippen LogP contribution in [0.15, 0.2) is 70.9 Å². The van der Waals surface area contributed by atoms with Gasteiger partial charge in [0.15, 0.2) is 11.5 Å². The van der Waals surface area contributed by atoms with Crippen LogP contribution in [0.25, 0.3) is 0 Å². The van der Waals surface area contributed by atoms with Crippen LogP contribution in [0.5, 0.6) is 11.5 Å². The van der Waals surface area contributed by atoms with Gasteiger partial charge >= 0.3 is 0 Å². The molecule has 0 saturated carbocycles. The molecule has 0 bridgehead atoms. The number of nitro benzene ring substituents is 2. The van der Waals surface area contributed by atoms with Crippen LogP contribution in [0.2, 0.25) is 0 Å². The number of benzene rings is 3. The number of nitro groups is 2. The number of anilines is 2. The molecule has 33 heavy (non-hydrogen) atoms. The molecule has 3 N–H and O–H groups in total. The molecule has 12 heteroatoms. The van der Waals surface area contributed by atoms with Crippen LogP contribution in [-0.4, -0.2) is 34.5 Å². The average Bonchev–Trinajstić information content (AvgIpc) is 2.81. The first-order valence-electron chi connectivity index (χ1n) is 9.35. The molecule has 0 aliphatic heterocycles. The van der Waals surface area contributed by atoms with Gasteiger partial charge < -0.3 is 9.84 Å². The highest BCUT2D eigenvalue weighted by molar-refractivity contribution is 5.91. The van der Waals surface area contributed by atoms with Crippen LogP contribution >= 0.6 is 0 Å². The van der Waals surface area contributed by atoms with Gasteiger partial charge in [0, 0.05) is 29.8 Å². The van der Waals surface area contributed by atoms with Crippen molar-refractivity contribution in [3.8, 4) is 11.5 Å². The number of hydrogen-bond acceptors (Lipinski definition) is 10. The Labute approximate surface area is 187 Å². The van der Waals surface area contributed by atoms with Gasteiger partial charge in [0.1, 0.15) is 0 Å². The number of aromatic hydroxyl groups is 1. The van der Waals surface area contributed by atoms with E-state index < -0.39 is 9.85 Å². The highest BCUT2D eigenvalue weighted by Gasteiger charge is 2.09. The second-order valence-corrected chi connectivity index (χ2v) is 6.51. The Bertz CT molecular complexity index is 1210. The summed E-state index contributed by atoms with van der Waals surface area (Å²) in [5, 5.41) is 39.9. The monoisotopic (exact) mass is 450 g/mol. The average molecular weight is 450 g/mol. The van der Waals surface area contributed by atoms with E-state index in [1.54, 1.807) is 12.1 Å². The van der Waals surface area contributed by atoms with Crippen molar-refractivity contribution in [2.45, 2.75) is 0 Å². The van der Waals surface area contributed by atoms with Crippen molar-refractivity contribution in [3.63, 3.8) is 0 Å². The van der Waals surface area contributed by atoms with E-state index in [0.29, 0.717) is 22.5 Å². The smallest absolute Gasteiger partial charge is 0.269 e. The van der Waals surface area contributed by atoms with Gasteiger partial charge in [0.25, 0.3) is 11.4 Å². The Morgan fingerprint density at radius 2 is 1.33 bits per heavy atom. The molecule has 0 heterocycles. The first-order chi connectivity index (χ1) is 15.9. The van der Waals surface area contributed by atoms with Crippen LogP contribution in [0.1, 0.15) is 11.1 Å². The van der Waals surface area contributed by atoms with E-state index in [-0.39, 0.29) is 22.9 Å². The molecule has 0 amide bonds. The zero-order valence-corrected chi connectivity index (χ0v) is 17.2. The maximum Gasteiger partial charge on any atom is 0.269 e.